The van der Waals surface area contributed by atoms with Crippen LogP contribution >= 0.6 is 0 Å². The smallest absolute Gasteiger partial charge is 0.255 e. The number of benzene rings is 2. The van der Waals surface area contributed by atoms with Crippen LogP contribution in [0.2, 0.25) is 0 Å². The summed E-state index contributed by atoms with van der Waals surface area (Å²) in [6.45, 7) is 6.37. The zero-order valence-electron chi connectivity index (χ0n) is 13.0. The lowest BCUT2D eigenvalue weighted by Crippen LogP contribution is -2.15. The van der Waals surface area contributed by atoms with Crippen LogP contribution in [0.1, 0.15) is 47.1 Å². The second-order valence-electron chi connectivity index (χ2n) is 6.23. The van der Waals surface area contributed by atoms with E-state index >= 15 is 0 Å². The third-order valence-electron chi connectivity index (χ3n) is 3.42. The Morgan fingerprint density at radius 3 is 2.14 bits per heavy atom. The van der Waals surface area contributed by atoms with Crippen LogP contribution in [0.4, 0.5) is 5.69 Å². The van der Waals surface area contributed by atoms with E-state index in [1.165, 1.54) is 5.56 Å². The normalized spacial score (nSPS) is 11.0. The number of primary amides is 1. The minimum Gasteiger partial charge on any atom is -0.366 e. The van der Waals surface area contributed by atoms with Crippen molar-refractivity contribution in [1.29, 1.82) is 0 Å². The first-order chi connectivity index (χ1) is 10.3. The first-order valence-electron chi connectivity index (χ1n) is 7.09. The SMILES string of the molecule is CC(C)(C)c1ccc(C(=O)Nc2cccc(C(N)=O)c2)cc1. The van der Waals surface area contributed by atoms with Crippen LogP contribution in [0.3, 0.4) is 0 Å². The number of carbonyl (C=O) groups excluding carboxylic acids is 2. The van der Waals surface area contributed by atoms with Crippen LogP contribution in [-0.2, 0) is 5.41 Å². The largest absolute Gasteiger partial charge is 0.366 e. The Balaban J connectivity index is 2.15. The van der Waals surface area contributed by atoms with Crippen molar-refractivity contribution < 1.29 is 9.59 Å². The maximum atomic E-state index is 12.2. The minimum absolute atomic E-state index is 0.0465. The zero-order chi connectivity index (χ0) is 16.3. The molecule has 2 aromatic rings. The van der Waals surface area contributed by atoms with Gasteiger partial charge in [-0.3, -0.25) is 9.59 Å². The Bertz CT molecular complexity index is 698. The van der Waals surface area contributed by atoms with Crippen molar-refractivity contribution in [1.82, 2.24) is 0 Å². The number of nitrogens with two attached hydrogens (primary N) is 1. The van der Waals surface area contributed by atoms with Crippen molar-refractivity contribution in [2.75, 3.05) is 5.32 Å². The minimum atomic E-state index is -0.523. The third-order valence-corrected chi connectivity index (χ3v) is 3.42. The van der Waals surface area contributed by atoms with Gasteiger partial charge in [0.25, 0.3) is 5.91 Å². The number of anilines is 1. The fourth-order valence-electron chi connectivity index (χ4n) is 2.08. The van der Waals surface area contributed by atoms with E-state index in [2.05, 4.69) is 26.1 Å². The number of amides is 2. The summed E-state index contributed by atoms with van der Waals surface area (Å²) in [6, 6.07) is 14.1. The van der Waals surface area contributed by atoms with Gasteiger partial charge in [-0.25, -0.2) is 0 Å². The van der Waals surface area contributed by atoms with Crippen LogP contribution in [0.15, 0.2) is 48.5 Å². The van der Waals surface area contributed by atoms with Crippen molar-refractivity contribution >= 4 is 17.5 Å². The molecule has 0 saturated carbocycles. The Kier molecular flexibility index (Phi) is 4.31. The van der Waals surface area contributed by atoms with Crippen molar-refractivity contribution in [3.05, 3.63) is 65.2 Å². The molecule has 22 heavy (non-hydrogen) atoms. The summed E-state index contributed by atoms with van der Waals surface area (Å²) >= 11 is 0. The molecule has 0 spiro atoms. The van der Waals surface area contributed by atoms with Crippen molar-refractivity contribution in [3.63, 3.8) is 0 Å². The van der Waals surface area contributed by atoms with Gasteiger partial charge in [0, 0.05) is 16.8 Å². The van der Waals surface area contributed by atoms with E-state index in [4.69, 9.17) is 5.73 Å². The predicted molar refractivity (Wildman–Crippen MR) is 88.1 cm³/mol. The molecule has 2 rings (SSSR count). The highest BCUT2D eigenvalue weighted by molar-refractivity contribution is 6.05. The van der Waals surface area contributed by atoms with E-state index in [0.29, 0.717) is 16.8 Å². The first-order valence-corrected chi connectivity index (χ1v) is 7.09. The predicted octanol–water partition coefficient (Wildman–Crippen LogP) is 3.34. The molecular weight excluding hydrogens is 276 g/mol. The van der Waals surface area contributed by atoms with E-state index in [0.717, 1.165) is 0 Å². The summed E-state index contributed by atoms with van der Waals surface area (Å²) < 4.78 is 0. The molecule has 0 aromatic heterocycles. The molecule has 2 amide bonds. The number of nitrogens with one attached hydrogen (secondary N) is 1. The average molecular weight is 296 g/mol. The molecule has 114 valence electrons. The monoisotopic (exact) mass is 296 g/mol. The number of hydrogen-bond donors (Lipinski definition) is 2. The second kappa shape index (κ2) is 6.02. The number of rotatable bonds is 3. The summed E-state index contributed by atoms with van der Waals surface area (Å²) in [4.78, 5) is 23.4. The van der Waals surface area contributed by atoms with E-state index in [-0.39, 0.29) is 11.3 Å². The molecular formula is C18H20N2O2. The van der Waals surface area contributed by atoms with Gasteiger partial charge < -0.3 is 11.1 Å². The fraction of sp³-hybridized carbons (Fsp3) is 0.222. The lowest BCUT2D eigenvalue weighted by molar-refractivity contribution is 0.0996. The molecule has 0 atom stereocenters. The maximum Gasteiger partial charge on any atom is 0.255 e. The topological polar surface area (TPSA) is 72.2 Å². The van der Waals surface area contributed by atoms with Gasteiger partial charge in [-0.05, 0) is 41.3 Å². The van der Waals surface area contributed by atoms with Gasteiger partial charge in [0.15, 0.2) is 0 Å². The molecule has 4 heteroatoms. The molecule has 0 fully saturated rings. The Labute approximate surface area is 130 Å². The Hall–Kier alpha value is -2.62. The van der Waals surface area contributed by atoms with E-state index in [9.17, 15) is 9.59 Å². The number of carbonyl (C=O) groups is 2. The highest BCUT2D eigenvalue weighted by Gasteiger charge is 2.14. The molecule has 0 saturated heterocycles. The third kappa shape index (κ3) is 3.73. The molecule has 0 aliphatic rings. The molecule has 0 aliphatic carbocycles. The lowest BCUT2D eigenvalue weighted by atomic mass is 9.87. The summed E-state index contributed by atoms with van der Waals surface area (Å²) in [5.74, 6) is -0.743. The van der Waals surface area contributed by atoms with Crippen molar-refractivity contribution in [2.24, 2.45) is 5.73 Å². The van der Waals surface area contributed by atoms with Crippen LogP contribution in [-0.4, -0.2) is 11.8 Å². The Morgan fingerprint density at radius 1 is 0.955 bits per heavy atom. The molecule has 0 heterocycles. The van der Waals surface area contributed by atoms with Crippen LogP contribution in [0.5, 0.6) is 0 Å². The summed E-state index contributed by atoms with van der Waals surface area (Å²) in [6.07, 6.45) is 0. The maximum absolute atomic E-state index is 12.2. The van der Waals surface area contributed by atoms with Gasteiger partial charge in [-0.15, -0.1) is 0 Å². The van der Waals surface area contributed by atoms with Gasteiger partial charge >= 0.3 is 0 Å². The van der Waals surface area contributed by atoms with Gasteiger partial charge in [0.2, 0.25) is 5.91 Å². The molecule has 3 N–H and O–H groups in total. The van der Waals surface area contributed by atoms with Gasteiger partial charge in [-0.2, -0.15) is 0 Å². The van der Waals surface area contributed by atoms with E-state index in [1.54, 1.807) is 36.4 Å². The molecule has 4 nitrogen and oxygen atoms in total. The Morgan fingerprint density at radius 2 is 1.59 bits per heavy atom. The molecule has 0 unspecified atom stereocenters. The van der Waals surface area contributed by atoms with E-state index < -0.39 is 5.91 Å². The molecule has 2 aromatic carbocycles. The van der Waals surface area contributed by atoms with Crippen LogP contribution in [0.25, 0.3) is 0 Å². The van der Waals surface area contributed by atoms with Gasteiger partial charge in [0.1, 0.15) is 0 Å². The van der Waals surface area contributed by atoms with Crippen molar-refractivity contribution in [3.8, 4) is 0 Å². The standard InChI is InChI=1S/C18H20N2O2/c1-18(2,3)14-9-7-12(8-10-14)17(22)20-15-6-4-5-13(11-15)16(19)21/h4-11H,1-3H3,(H2,19,21)(H,20,22). The fourth-order valence-corrected chi connectivity index (χ4v) is 2.08. The lowest BCUT2D eigenvalue weighted by Gasteiger charge is -2.19. The van der Waals surface area contributed by atoms with Gasteiger partial charge in [0.05, 0.1) is 0 Å². The van der Waals surface area contributed by atoms with Crippen molar-refractivity contribution in [2.45, 2.75) is 26.2 Å². The second-order valence-corrected chi connectivity index (χ2v) is 6.23. The number of hydrogen-bond acceptors (Lipinski definition) is 2. The summed E-state index contributed by atoms with van der Waals surface area (Å²) in [7, 11) is 0. The van der Waals surface area contributed by atoms with Gasteiger partial charge in [-0.1, -0.05) is 39.0 Å². The quantitative estimate of drug-likeness (QED) is 0.911. The average Bonchev–Trinajstić information content (AvgIpc) is 2.46. The first kappa shape index (κ1) is 15.8. The summed E-state index contributed by atoms with van der Waals surface area (Å²) in [5, 5.41) is 2.76. The summed E-state index contributed by atoms with van der Waals surface area (Å²) in [5.41, 5.74) is 7.92. The van der Waals surface area contributed by atoms with Crippen LogP contribution in [0, 0.1) is 0 Å². The highest BCUT2D eigenvalue weighted by atomic mass is 16.2. The molecule has 0 bridgehead atoms. The highest BCUT2D eigenvalue weighted by Crippen LogP contribution is 2.22. The van der Waals surface area contributed by atoms with Crippen LogP contribution < -0.4 is 11.1 Å². The van der Waals surface area contributed by atoms with E-state index in [1.807, 2.05) is 12.1 Å². The molecule has 0 radical (unpaired) electrons. The zero-order valence-corrected chi connectivity index (χ0v) is 13.0. The molecule has 0 aliphatic heterocycles.